The number of amides is 1. The number of hydrogen-bond donors (Lipinski definition) is 2. The third-order valence-corrected chi connectivity index (χ3v) is 6.09. The highest BCUT2D eigenvalue weighted by molar-refractivity contribution is 6.56. The van der Waals surface area contributed by atoms with Crippen molar-refractivity contribution in [3.63, 3.8) is 0 Å². The zero-order valence-corrected chi connectivity index (χ0v) is 19.8. The van der Waals surface area contributed by atoms with Crippen LogP contribution in [0.3, 0.4) is 0 Å². The minimum absolute atomic E-state index is 0.00798. The molecule has 9 heteroatoms. The zero-order chi connectivity index (χ0) is 24.2. The first-order valence-electron chi connectivity index (χ1n) is 10.5. The Hall–Kier alpha value is -2.81. The molecule has 3 rings (SSSR count). The second-order valence-corrected chi connectivity index (χ2v) is 9.17. The van der Waals surface area contributed by atoms with Gasteiger partial charge in [0.1, 0.15) is 6.61 Å². The molecule has 0 unspecified atom stereocenters. The summed E-state index contributed by atoms with van der Waals surface area (Å²) >= 11 is 6.12. The van der Waals surface area contributed by atoms with Crippen molar-refractivity contribution < 1.29 is 28.7 Å². The molecule has 0 spiro atoms. The number of carbonyl (C=O) groups is 2. The summed E-state index contributed by atoms with van der Waals surface area (Å²) in [6.07, 6.45) is 1.18. The number of rotatable bonds is 7. The highest BCUT2D eigenvalue weighted by Gasteiger charge is 2.52. The molecule has 0 radical (unpaired) electrons. The molecule has 1 amide bonds. The van der Waals surface area contributed by atoms with Crippen LogP contribution < -0.4 is 5.32 Å². The molecule has 7 nitrogen and oxygen atoms in total. The quantitative estimate of drug-likeness (QED) is 0.553. The highest BCUT2D eigenvalue weighted by atomic mass is 35.5. The SMILES string of the molecule is CC1(C)OB(C(=Cc2ccc(C(=O)O)c(Cl)c2)CNC(=O)OCc2ccccc2)OC1(C)C. The summed E-state index contributed by atoms with van der Waals surface area (Å²) in [6, 6.07) is 14.0. The second kappa shape index (κ2) is 9.99. The maximum absolute atomic E-state index is 12.3. The molecule has 0 aliphatic carbocycles. The first-order valence-corrected chi connectivity index (χ1v) is 10.9. The Morgan fingerprint density at radius 1 is 1.09 bits per heavy atom. The molecule has 0 saturated carbocycles. The topological polar surface area (TPSA) is 94.1 Å². The number of carboxylic acids is 1. The summed E-state index contributed by atoms with van der Waals surface area (Å²) in [5.41, 5.74) is 1.01. The van der Waals surface area contributed by atoms with Crippen LogP contribution in [0, 0.1) is 0 Å². The maximum atomic E-state index is 12.3. The number of carbonyl (C=O) groups excluding carboxylic acids is 1. The van der Waals surface area contributed by atoms with Gasteiger partial charge in [-0.15, -0.1) is 0 Å². The Kier molecular flexibility index (Phi) is 7.52. The summed E-state index contributed by atoms with van der Waals surface area (Å²) in [5.74, 6) is -1.11. The fourth-order valence-electron chi connectivity index (χ4n) is 3.15. The molecule has 1 heterocycles. The van der Waals surface area contributed by atoms with E-state index >= 15 is 0 Å². The summed E-state index contributed by atoms with van der Waals surface area (Å²) in [5, 5.41) is 12.0. The molecule has 174 valence electrons. The predicted molar refractivity (Wildman–Crippen MR) is 127 cm³/mol. The van der Waals surface area contributed by atoms with Gasteiger partial charge in [-0.1, -0.05) is 54.1 Å². The van der Waals surface area contributed by atoms with Gasteiger partial charge in [-0.3, -0.25) is 0 Å². The lowest BCUT2D eigenvalue weighted by Crippen LogP contribution is -2.41. The second-order valence-electron chi connectivity index (χ2n) is 8.77. The van der Waals surface area contributed by atoms with Crippen LogP contribution in [-0.2, 0) is 20.7 Å². The molecule has 2 aromatic rings. The Balaban J connectivity index is 1.77. The zero-order valence-electron chi connectivity index (χ0n) is 19.1. The van der Waals surface area contributed by atoms with Crippen LogP contribution in [0.5, 0.6) is 0 Å². The summed E-state index contributed by atoms with van der Waals surface area (Å²) in [7, 11) is -0.720. The summed E-state index contributed by atoms with van der Waals surface area (Å²) in [6.45, 7) is 7.99. The van der Waals surface area contributed by atoms with Gasteiger partial charge in [0.2, 0.25) is 0 Å². The Morgan fingerprint density at radius 3 is 2.30 bits per heavy atom. The molecule has 33 heavy (non-hydrogen) atoms. The van der Waals surface area contributed by atoms with Gasteiger partial charge in [0.05, 0.1) is 21.8 Å². The summed E-state index contributed by atoms with van der Waals surface area (Å²) < 4.78 is 17.6. The van der Waals surface area contributed by atoms with Crippen molar-refractivity contribution >= 4 is 36.9 Å². The maximum Gasteiger partial charge on any atom is 0.492 e. The van der Waals surface area contributed by atoms with E-state index in [2.05, 4.69) is 5.32 Å². The molecule has 1 saturated heterocycles. The van der Waals surface area contributed by atoms with E-state index in [0.29, 0.717) is 11.0 Å². The lowest BCUT2D eigenvalue weighted by Gasteiger charge is -2.32. The largest absolute Gasteiger partial charge is 0.492 e. The fourth-order valence-corrected chi connectivity index (χ4v) is 3.42. The summed E-state index contributed by atoms with van der Waals surface area (Å²) in [4.78, 5) is 23.5. The number of alkyl carbamates (subject to hydrolysis) is 1. The minimum Gasteiger partial charge on any atom is -0.478 e. The van der Waals surface area contributed by atoms with Crippen molar-refractivity contribution in [1.82, 2.24) is 5.32 Å². The molecule has 1 aliphatic rings. The molecular formula is C24H27BClNO6. The minimum atomic E-state index is -1.11. The monoisotopic (exact) mass is 471 g/mol. The lowest BCUT2D eigenvalue weighted by molar-refractivity contribution is 0.00578. The number of halogens is 1. The van der Waals surface area contributed by atoms with Crippen LogP contribution in [0.4, 0.5) is 4.79 Å². The third-order valence-electron chi connectivity index (χ3n) is 5.78. The number of ether oxygens (including phenoxy) is 1. The first-order chi connectivity index (χ1) is 15.5. The van der Waals surface area contributed by atoms with Gasteiger partial charge >= 0.3 is 19.2 Å². The van der Waals surface area contributed by atoms with E-state index in [-0.39, 0.29) is 23.7 Å². The van der Waals surface area contributed by atoms with Crippen LogP contribution in [0.15, 0.2) is 54.0 Å². The van der Waals surface area contributed by atoms with Crippen molar-refractivity contribution in [3.05, 3.63) is 75.7 Å². The Morgan fingerprint density at radius 2 is 1.73 bits per heavy atom. The van der Waals surface area contributed by atoms with Gasteiger partial charge in [0.15, 0.2) is 0 Å². The Labute approximate surface area is 198 Å². The van der Waals surface area contributed by atoms with Gasteiger partial charge in [-0.25, -0.2) is 9.59 Å². The number of carboxylic acid groups (broad SMARTS) is 1. The smallest absolute Gasteiger partial charge is 0.478 e. The van der Waals surface area contributed by atoms with Crippen LogP contribution in [-0.4, -0.2) is 42.0 Å². The van der Waals surface area contributed by atoms with Crippen molar-refractivity contribution in [2.75, 3.05) is 6.54 Å². The van der Waals surface area contributed by atoms with Gasteiger partial charge in [-0.2, -0.15) is 0 Å². The molecule has 0 atom stereocenters. The van der Waals surface area contributed by atoms with E-state index in [1.165, 1.54) is 6.07 Å². The van der Waals surface area contributed by atoms with E-state index < -0.39 is 30.4 Å². The van der Waals surface area contributed by atoms with E-state index in [1.54, 1.807) is 18.2 Å². The number of hydrogen-bond acceptors (Lipinski definition) is 5. The van der Waals surface area contributed by atoms with Crippen LogP contribution in [0.25, 0.3) is 6.08 Å². The van der Waals surface area contributed by atoms with E-state index in [1.807, 2.05) is 58.0 Å². The highest BCUT2D eigenvalue weighted by Crippen LogP contribution is 2.38. The van der Waals surface area contributed by atoms with Crippen molar-refractivity contribution in [3.8, 4) is 0 Å². The third kappa shape index (κ3) is 6.16. The van der Waals surface area contributed by atoms with Crippen molar-refractivity contribution in [2.45, 2.75) is 45.5 Å². The molecule has 2 aromatic carbocycles. The van der Waals surface area contributed by atoms with Crippen LogP contribution in [0.1, 0.15) is 49.2 Å². The van der Waals surface area contributed by atoms with Gasteiger partial charge in [0, 0.05) is 6.54 Å². The first kappa shape index (κ1) is 24.8. The number of benzene rings is 2. The van der Waals surface area contributed by atoms with E-state index in [9.17, 15) is 14.7 Å². The average molecular weight is 472 g/mol. The van der Waals surface area contributed by atoms with Crippen LogP contribution >= 0.6 is 11.6 Å². The van der Waals surface area contributed by atoms with Crippen molar-refractivity contribution in [2.24, 2.45) is 0 Å². The van der Waals surface area contributed by atoms with E-state index in [4.69, 9.17) is 25.6 Å². The standard InChI is InChI=1S/C24H27BClNO6/c1-23(2)24(3,4)33-25(32-23)18(12-17-10-11-19(21(28)29)20(26)13-17)14-27-22(30)31-15-16-8-6-5-7-9-16/h5-13H,14-15H2,1-4H3,(H,27,30)(H,28,29). The number of aromatic carboxylic acids is 1. The predicted octanol–water partition coefficient (Wildman–Crippen LogP) is 4.98. The Bertz CT molecular complexity index is 1040. The molecule has 1 aliphatic heterocycles. The molecule has 0 aromatic heterocycles. The molecule has 0 bridgehead atoms. The fraction of sp³-hybridized carbons (Fsp3) is 0.333. The van der Waals surface area contributed by atoms with Crippen LogP contribution in [0.2, 0.25) is 5.02 Å². The molecule has 1 fully saturated rings. The van der Waals surface area contributed by atoms with Gasteiger partial charge < -0.3 is 24.5 Å². The van der Waals surface area contributed by atoms with Gasteiger partial charge in [0.25, 0.3) is 0 Å². The lowest BCUT2D eigenvalue weighted by atomic mass is 9.77. The number of nitrogens with one attached hydrogen (secondary N) is 1. The van der Waals surface area contributed by atoms with Gasteiger partial charge in [-0.05, 0) is 56.4 Å². The molecular weight excluding hydrogens is 445 g/mol. The normalized spacial score (nSPS) is 17.0. The van der Waals surface area contributed by atoms with Crippen molar-refractivity contribution in [1.29, 1.82) is 0 Å². The molecule has 2 N–H and O–H groups in total. The average Bonchev–Trinajstić information content (AvgIpc) is 2.97. The van der Waals surface area contributed by atoms with E-state index in [0.717, 1.165) is 5.56 Å².